The minimum Gasteiger partial charge on any atom is -0.383 e. The molecule has 0 radical (unpaired) electrons. The molecule has 0 aromatic heterocycles. The van der Waals surface area contributed by atoms with E-state index in [4.69, 9.17) is 4.74 Å². The van der Waals surface area contributed by atoms with Gasteiger partial charge in [0.1, 0.15) is 0 Å². The van der Waals surface area contributed by atoms with Gasteiger partial charge in [0.25, 0.3) is 5.91 Å². The first-order chi connectivity index (χ1) is 11.9. The highest BCUT2D eigenvalue weighted by Crippen LogP contribution is 2.04. The molecule has 0 saturated carbocycles. The minimum absolute atomic E-state index is 0.0674. The number of hydrogen-bond donors (Lipinski definition) is 4. The Balaban J connectivity index is 2.38. The molecular weight excluding hydrogens is 324 g/mol. The van der Waals surface area contributed by atoms with Crippen molar-refractivity contribution in [2.75, 3.05) is 26.8 Å². The summed E-state index contributed by atoms with van der Waals surface area (Å²) in [5, 5.41) is 10.6. The summed E-state index contributed by atoms with van der Waals surface area (Å²) in [4.78, 5) is 35.0. The Labute approximate surface area is 147 Å². The summed E-state index contributed by atoms with van der Waals surface area (Å²) < 4.78 is 4.82. The van der Waals surface area contributed by atoms with Crippen LogP contribution in [0.25, 0.3) is 0 Å². The molecule has 25 heavy (non-hydrogen) atoms. The molecule has 4 N–H and O–H groups in total. The van der Waals surface area contributed by atoms with Gasteiger partial charge in [0.15, 0.2) is 0 Å². The van der Waals surface area contributed by atoms with Gasteiger partial charge in [0, 0.05) is 31.8 Å². The first-order valence-electron chi connectivity index (χ1n) is 8.09. The quantitative estimate of drug-likeness (QED) is 0.483. The van der Waals surface area contributed by atoms with Crippen molar-refractivity contribution >= 4 is 17.8 Å². The Hall–Kier alpha value is -2.61. The van der Waals surface area contributed by atoms with Crippen LogP contribution in [0.3, 0.4) is 0 Å². The molecule has 0 aliphatic carbocycles. The molecule has 1 rings (SSSR count). The summed E-state index contributed by atoms with van der Waals surface area (Å²) in [5.74, 6) is -0.610. The molecule has 1 aromatic rings. The van der Waals surface area contributed by atoms with Crippen LogP contribution in [-0.4, -0.2) is 50.7 Å². The van der Waals surface area contributed by atoms with Crippen molar-refractivity contribution in [1.82, 2.24) is 21.3 Å². The largest absolute Gasteiger partial charge is 0.383 e. The van der Waals surface area contributed by atoms with Crippen LogP contribution in [0.2, 0.25) is 0 Å². The molecule has 0 atom stereocenters. The third-order valence-corrected chi connectivity index (χ3v) is 3.13. The molecule has 0 heterocycles. The van der Waals surface area contributed by atoms with Crippen molar-refractivity contribution in [3.8, 4) is 0 Å². The van der Waals surface area contributed by atoms with E-state index in [2.05, 4.69) is 21.3 Å². The highest BCUT2D eigenvalue weighted by Gasteiger charge is 2.08. The van der Waals surface area contributed by atoms with Gasteiger partial charge in [0.2, 0.25) is 5.91 Å². The third-order valence-electron chi connectivity index (χ3n) is 3.13. The molecular formula is C17H26N4O4. The lowest BCUT2D eigenvalue weighted by molar-refractivity contribution is -0.120. The average molecular weight is 350 g/mol. The lowest BCUT2D eigenvalue weighted by Gasteiger charge is -2.10. The van der Waals surface area contributed by atoms with E-state index >= 15 is 0 Å². The number of urea groups is 1. The number of hydrogen-bond acceptors (Lipinski definition) is 4. The molecule has 1 aromatic carbocycles. The highest BCUT2D eigenvalue weighted by atomic mass is 16.5. The summed E-state index contributed by atoms with van der Waals surface area (Å²) in [6.07, 6.45) is 0. The van der Waals surface area contributed by atoms with E-state index < -0.39 is 0 Å². The summed E-state index contributed by atoms with van der Waals surface area (Å²) in [6, 6.07) is 6.63. The SMILES string of the molecule is COCCNC(=O)CNC(=O)c1ccc(CNC(=O)NC(C)C)cc1. The summed E-state index contributed by atoms with van der Waals surface area (Å²) in [7, 11) is 1.55. The number of carbonyl (C=O) groups excluding carboxylic acids is 3. The Bertz CT molecular complexity index is 573. The van der Waals surface area contributed by atoms with Crippen LogP contribution in [0.1, 0.15) is 29.8 Å². The van der Waals surface area contributed by atoms with Gasteiger partial charge in [0.05, 0.1) is 13.2 Å². The lowest BCUT2D eigenvalue weighted by atomic mass is 10.1. The maximum Gasteiger partial charge on any atom is 0.315 e. The fourth-order valence-corrected chi connectivity index (χ4v) is 1.89. The van der Waals surface area contributed by atoms with E-state index in [1.807, 2.05) is 13.8 Å². The van der Waals surface area contributed by atoms with Gasteiger partial charge in [-0.3, -0.25) is 9.59 Å². The second kappa shape index (κ2) is 11.0. The molecule has 0 unspecified atom stereocenters. The van der Waals surface area contributed by atoms with Gasteiger partial charge in [-0.15, -0.1) is 0 Å². The number of methoxy groups -OCH3 is 1. The van der Waals surface area contributed by atoms with Crippen LogP contribution in [0.5, 0.6) is 0 Å². The van der Waals surface area contributed by atoms with Gasteiger partial charge in [-0.2, -0.15) is 0 Å². The highest BCUT2D eigenvalue weighted by molar-refractivity contribution is 5.96. The van der Waals surface area contributed by atoms with Crippen LogP contribution in [0, 0.1) is 0 Å². The van der Waals surface area contributed by atoms with Crippen LogP contribution >= 0.6 is 0 Å². The molecule has 0 aliphatic rings. The Morgan fingerprint density at radius 2 is 1.72 bits per heavy atom. The Morgan fingerprint density at radius 1 is 1.04 bits per heavy atom. The van der Waals surface area contributed by atoms with Crippen molar-refractivity contribution in [2.24, 2.45) is 0 Å². The van der Waals surface area contributed by atoms with Gasteiger partial charge in [-0.05, 0) is 31.5 Å². The number of carbonyl (C=O) groups is 3. The second-order valence-electron chi connectivity index (χ2n) is 5.70. The van der Waals surface area contributed by atoms with E-state index in [1.54, 1.807) is 31.4 Å². The molecule has 0 spiro atoms. The van der Waals surface area contributed by atoms with E-state index in [0.29, 0.717) is 25.3 Å². The number of rotatable bonds is 9. The van der Waals surface area contributed by atoms with Crippen LogP contribution < -0.4 is 21.3 Å². The van der Waals surface area contributed by atoms with E-state index in [0.717, 1.165) is 5.56 Å². The number of amides is 4. The maximum atomic E-state index is 12.0. The smallest absolute Gasteiger partial charge is 0.315 e. The molecule has 4 amide bonds. The first kappa shape index (κ1) is 20.4. The topological polar surface area (TPSA) is 109 Å². The number of benzene rings is 1. The van der Waals surface area contributed by atoms with Crippen molar-refractivity contribution < 1.29 is 19.1 Å². The zero-order valence-electron chi connectivity index (χ0n) is 14.8. The molecule has 138 valence electrons. The minimum atomic E-state index is -0.334. The van der Waals surface area contributed by atoms with Gasteiger partial charge >= 0.3 is 6.03 Å². The zero-order valence-corrected chi connectivity index (χ0v) is 14.8. The predicted molar refractivity (Wildman–Crippen MR) is 94.2 cm³/mol. The van der Waals surface area contributed by atoms with E-state index in [-0.39, 0.29) is 30.4 Å². The van der Waals surface area contributed by atoms with Crippen molar-refractivity contribution in [3.05, 3.63) is 35.4 Å². The van der Waals surface area contributed by atoms with Gasteiger partial charge in [-0.25, -0.2) is 4.79 Å². The monoisotopic (exact) mass is 350 g/mol. The van der Waals surface area contributed by atoms with Crippen molar-refractivity contribution in [1.29, 1.82) is 0 Å². The van der Waals surface area contributed by atoms with E-state index in [9.17, 15) is 14.4 Å². The second-order valence-corrected chi connectivity index (χ2v) is 5.70. The van der Waals surface area contributed by atoms with Crippen LogP contribution in [0.15, 0.2) is 24.3 Å². The molecule has 8 heteroatoms. The van der Waals surface area contributed by atoms with Crippen molar-refractivity contribution in [2.45, 2.75) is 26.4 Å². The molecule has 0 aliphatic heterocycles. The van der Waals surface area contributed by atoms with Gasteiger partial charge in [-0.1, -0.05) is 12.1 Å². The van der Waals surface area contributed by atoms with Crippen LogP contribution in [0.4, 0.5) is 4.79 Å². The summed E-state index contributed by atoms with van der Waals surface area (Å²) in [5.41, 5.74) is 1.31. The summed E-state index contributed by atoms with van der Waals surface area (Å²) >= 11 is 0. The first-order valence-corrected chi connectivity index (χ1v) is 8.09. The van der Waals surface area contributed by atoms with Crippen molar-refractivity contribution in [3.63, 3.8) is 0 Å². The molecule has 0 saturated heterocycles. The lowest BCUT2D eigenvalue weighted by Crippen LogP contribution is -2.39. The Morgan fingerprint density at radius 3 is 2.32 bits per heavy atom. The Kier molecular flexibility index (Phi) is 9.02. The zero-order chi connectivity index (χ0) is 18.7. The normalized spacial score (nSPS) is 10.2. The number of nitrogens with one attached hydrogen (secondary N) is 4. The fraction of sp³-hybridized carbons (Fsp3) is 0.471. The maximum absolute atomic E-state index is 12.0. The molecule has 0 bridgehead atoms. The standard InChI is InChI=1S/C17H26N4O4/c1-12(2)21-17(24)20-10-13-4-6-14(7-5-13)16(23)19-11-15(22)18-8-9-25-3/h4-7,12H,8-11H2,1-3H3,(H,18,22)(H,19,23)(H2,20,21,24). The van der Waals surface area contributed by atoms with E-state index in [1.165, 1.54) is 0 Å². The predicted octanol–water partition coefficient (Wildman–Crippen LogP) is 0.387. The van der Waals surface area contributed by atoms with Crippen LogP contribution in [-0.2, 0) is 16.1 Å². The average Bonchev–Trinajstić information content (AvgIpc) is 2.58. The number of ether oxygens (including phenoxy) is 1. The van der Waals surface area contributed by atoms with Gasteiger partial charge < -0.3 is 26.0 Å². The third kappa shape index (κ3) is 8.71. The molecule has 8 nitrogen and oxygen atoms in total. The fourth-order valence-electron chi connectivity index (χ4n) is 1.89. The molecule has 0 fully saturated rings. The summed E-state index contributed by atoms with van der Waals surface area (Å²) in [6.45, 7) is 4.85.